The Morgan fingerprint density at radius 2 is 1.38 bits per heavy atom. The van der Waals surface area contributed by atoms with Crippen LogP contribution in [0.5, 0.6) is 5.75 Å². The molecule has 0 spiro atoms. The summed E-state index contributed by atoms with van der Waals surface area (Å²) < 4.78 is 7.32. The number of anilines is 1. The van der Waals surface area contributed by atoms with Gasteiger partial charge in [0.2, 0.25) is 0 Å². The van der Waals surface area contributed by atoms with Crippen LogP contribution in [0.1, 0.15) is 27.9 Å². The second-order valence-corrected chi connectivity index (χ2v) is 11.5. The number of carbonyl (C=O) groups is 1. The van der Waals surface area contributed by atoms with Gasteiger partial charge in [0.05, 0.1) is 12.6 Å². The molecule has 0 aliphatic heterocycles. The predicted octanol–water partition coefficient (Wildman–Crippen LogP) is 7.97. The molecule has 0 aliphatic carbocycles. The first-order valence-electron chi connectivity index (χ1n) is 15.7. The first-order chi connectivity index (χ1) is 23.6. The number of aryl methyl sites for hydroxylation is 1. The maximum absolute atomic E-state index is 13.1. The zero-order valence-corrected chi connectivity index (χ0v) is 26.7. The van der Waals surface area contributed by atoms with Crippen LogP contribution in [-0.2, 0) is 12.1 Å². The van der Waals surface area contributed by atoms with Gasteiger partial charge in [0.1, 0.15) is 22.8 Å². The van der Waals surface area contributed by atoms with Gasteiger partial charge in [0, 0.05) is 41.6 Å². The largest absolute Gasteiger partial charge is 0.497 e. The number of aromatic nitrogens is 4. The minimum atomic E-state index is -0.877. The summed E-state index contributed by atoms with van der Waals surface area (Å²) in [5.41, 5.74) is 6.56. The van der Waals surface area contributed by atoms with Crippen LogP contribution in [0, 0.1) is 6.92 Å². The van der Waals surface area contributed by atoms with E-state index in [2.05, 4.69) is 98.1 Å². The van der Waals surface area contributed by atoms with Crippen LogP contribution in [0.3, 0.4) is 0 Å². The van der Waals surface area contributed by atoms with Gasteiger partial charge in [-0.15, -0.1) is 0 Å². The Kier molecular flexibility index (Phi) is 8.36. The first-order valence-corrected chi connectivity index (χ1v) is 15.7. The molecule has 0 aliphatic rings. The summed E-state index contributed by atoms with van der Waals surface area (Å²) in [5, 5.41) is 12.1. The van der Waals surface area contributed by atoms with Crippen molar-refractivity contribution in [1.29, 1.82) is 0 Å². The van der Waals surface area contributed by atoms with E-state index in [1.165, 1.54) is 0 Å². The van der Waals surface area contributed by atoms with E-state index in [0.29, 0.717) is 12.4 Å². The third kappa shape index (κ3) is 5.76. The molecule has 4 aromatic carbocycles. The molecule has 0 bridgehead atoms. The Bertz CT molecular complexity index is 2070. The number of amides is 2. The van der Waals surface area contributed by atoms with Crippen LogP contribution in [-0.4, -0.2) is 32.9 Å². The highest BCUT2D eigenvalue weighted by Crippen LogP contribution is 2.44. The quantitative estimate of drug-likeness (QED) is 0.158. The number of fused-ring (bicyclic) bond motifs is 1. The first kappa shape index (κ1) is 30.4. The van der Waals surface area contributed by atoms with Gasteiger partial charge in [-0.05, 0) is 53.4 Å². The fourth-order valence-corrected chi connectivity index (χ4v) is 6.23. The molecule has 3 aromatic heterocycles. The summed E-state index contributed by atoms with van der Waals surface area (Å²) in [6.07, 6.45) is 3.58. The Labute approximate surface area is 279 Å². The van der Waals surface area contributed by atoms with E-state index in [4.69, 9.17) is 9.84 Å². The molecular weight excluding hydrogens is 596 g/mol. The summed E-state index contributed by atoms with van der Waals surface area (Å²) in [5.74, 6) is 1.16. The highest BCUT2D eigenvalue weighted by Gasteiger charge is 2.41. The topological polar surface area (TPSA) is 94.0 Å². The molecule has 2 amide bonds. The average molecular weight is 631 g/mol. The van der Waals surface area contributed by atoms with Crippen LogP contribution in [0.15, 0.2) is 146 Å². The van der Waals surface area contributed by atoms with Crippen LogP contribution < -0.4 is 15.4 Å². The van der Waals surface area contributed by atoms with Crippen LogP contribution in [0.2, 0.25) is 0 Å². The summed E-state index contributed by atoms with van der Waals surface area (Å²) in [6.45, 7) is 2.32. The molecule has 236 valence electrons. The second-order valence-electron chi connectivity index (χ2n) is 11.5. The Hall–Kier alpha value is -6.28. The second kappa shape index (κ2) is 13.2. The van der Waals surface area contributed by atoms with Gasteiger partial charge in [-0.2, -0.15) is 5.10 Å². The number of rotatable bonds is 9. The van der Waals surface area contributed by atoms with Gasteiger partial charge in [-0.25, -0.2) is 14.5 Å². The zero-order valence-electron chi connectivity index (χ0n) is 26.7. The van der Waals surface area contributed by atoms with Gasteiger partial charge >= 0.3 is 6.03 Å². The van der Waals surface area contributed by atoms with Crippen molar-refractivity contribution < 1.29 is 9.53 Å². The highest BCUT2D eigenvalue weighted by molar-refractivity contribution is 5.96. The monoisotopic (exact) mass is 630 g/mol. The minimum absolute atomic E-state index is 0.348. The van der Waals surface area contributed by atoms with E-state index >= 15 is 0 Å². The van der Waals surface area contributed by atoms with E-state index in [1.54, 1.807) is 19.5 Å². The van der Waals surface area contributed by atoms with E-state index in [0.717, 1.165) is 55.9 Å². The van der Waals surface area contributed by atoms with E-state index in [9.17, 15) is 4.79 Å². The summed E-state index contributed by atoms with van der Waals surface area (Å²) in [6, 6.07) is 44.3. The van der Waals surface area contributed by atoms with Gasteiger partial charge in [0.25, 0.3) is 0 Å². The SMILES string of the molecule is COc1ccc(CNC(=O)Nc2cc3c(cn2)c(-c2ccnc(C)c2)nn3C(c2ccccc2)(c2ccccc2)c2ccccc2)cc1. The maximum Gasteiger partial charge on any atom is 0.320 e. The van der Waals surface area contributed by atoms with Crippen molar-refractivity contribution in [2.45, 2.75) is 19.0 Å². The standard InChI is InChI=1S/C40H34N6O2/c1-28-24-30(22-23-41-28)38-35-27-42-37(44-39(47)43-26-29-18-20-34(48-2)21-19-29)25-36(35)46(45-38)40(31-12-6-3-7-13-31,32-14-8-4-9-15-32)33-16-10-5-11-17-33/h3-25,27H,26H2,1-2H3,(H2,42,43,44,47). The van der Waals surface area contributed by atoms with Crippen molar-refractivity contribution in [3.8, 4) is 17.0 Å². The fraction of sp³-hybridized carbons (Fsp3) is 0.100. The lowest BCUT2D eigenvalue weighted by Gasteiger charge is -2.37. The molecule has 2 N–H and O–H groups in total. The van der Waals surface area contributed by atoms with Crippen molar-refractivity contribution >= 4 is 22.8 Å². The number of urea groups is 1. The molecule has 8 nitrogen and oxygen atoms in total. The molecule has 0 fully saturated rings. The number of carbonyl (C=O) groups excluding carboxylic acids is 1. The number of hydrogen-bond donors (Lipinski definition) is 2. The van der Waals surface area contributed by atoms with Crippen molar-refractivity contribution in [3.63, 3.8) is 0 Å². The van der Waals surface area contributed by atoms with Crippen molar-refractivity contribution in [2.24, 2.45) is 0 Å². The molecule has 0 saturated carbocycles. The van der Waals surface area contributed by atoms with Crippen LogP contribution in [0.4, 0.5) is 10.6 Å². The predicted molar refractivity (Wildman–Crippen MR) is 189 cm³/mol. The highest BCUT2D eigenvalue weighted by atomic mass is 16.5. The maximum atomic E-state index is 13.1. The molecule has 7 rings (SSSR count). The lowest BCUT2D eigenvalue weighted by atomic mass is 9.77. The number of pyridine rings is 2. The summed E-state index contributed by atoms with van der Waals surface area (Å²) in [4.78, 5) is 22.3. The van der Waals surface area contributed by atoms with Crippen LogP contribution >= 0.6 is 0 Å². The Morgan fingerprint density at radius 3 is 1.94 bits per heavy atom. The molecular formula is C40H34N6O2. The smallest absolute Gasteiger partial charge is 0.320 e. The molecule has 0 unspecified atom stereocenters. The van der Waals surface area contributed by atoms with Gasteiger partial charge in [-0.3, -0.25) is 10.3 Å². The lowest BCUT2D eigenvalue weighted by molar-refractivity contribution is 0.251. The number of ether oxygens (including phenoxy) is 1. The normalized spacial score (nSPS) is 11.3. The molecule has 0 saturated heterocycles. The van der Waals surface area contributed by atoms with E-state index in [1.807, 2.05) is 67.6 Å². The number of nitrogens with one attached hydrogen (secondary N) is 2. The number of benzene rings is 4. The third-order valence-electron chi connectivity index (χ3n) is 8.48. The van der Waals surface area contributed by atoms with Crippen molar-refractivity contribution in [2.75, 3.05) is 12.4 Å². The Balaban J connectivity index is 1.41. The molecule has 8 heteroatoms. The van der Waals surface area contributed by atoms with Gasteiger partial charge in [-0.1, -0.05) is 103 Å². The van der Waals surface area contributed by atoms with E-state index in [-0.39, 0.29) is 6.03 Å². The minimum Gasteiger partial charge on any atom is -0.497 e. The van der Waals surface area contributed by atoms with Gasteiger partial charge in [0.15, 0.2) is 0 Å². The molecule has 0 atom stereocenters. The third-order valence-corrected chi connectivity index (χ3v) is 8.48. The summed E-state index contributed by atoms with van der Waals surface area (Å²) >= 11 is 0. The zero-order chi connectivity index (χ0) is 32.9. The molecule has 7 aromatic rings. The fourth-order valence-electron chi connectivity index (χ4n) is 6.23. The summed E-state index contributed by atoms with van der Waals surface area (Å²) in [7, 11) is 1.63. The molecule has 48 heavy (non-hydrogen) atoms. The van der Waals surface area contributed by atoms with E-state index < -0.39 is 5.54 Å². The average Bonchev–Trinajstić information content (AvgIpc) is 3.52. The van der Waals surface area contributed by atoms with Crippen LogP contribution in [0.25, 0.3) is 22.2 Å². The Morgan fingerprint density at radius 1 is 0.771 bits per heavy atom. The number of methoxy groups -OCH3 is 1. The number of hydrogen-bond acceptors (Lipinski definition) is 5. The molecule has 0 radical (unpaired) electrons. The van der Waals surface area contributed by atoms with Gasteiger partial charge < -0.3 is 10.1 Å². The lowest BCUT2D eigenvalue weighted by Crippen LogP contribution is -2.38. The van der Waals surface area contributed by atoms with Crippen molar-refractivity contribution in [1.82, 2.24) is 25.1 Å². The molecule has 3 heterocycles. The van der Waals surface area contributed by atoms with Crippen molar-refractivity contribution in [3.05, 3.63) is 174 Å². The number of nitrogens with zero attached hydrogens (tertiary/aromatic N) is 4.